The summed E-state index contributed by atoms with van der Waals surface area (Å²) in [7, 11) is -1.69. The number of fused-ring (bicyclic) bond motifs is 3. The van der Waals surface area contributed by atoms with Crippen molar-refractivity contribution in [1.29, 1.82) is 0 Å². The van der Waals surface area contributed by atoms with Crippen molar-refractivity contribution in [2.24, 2.45) is 0 Å². The first kappa shape index (κ1) is 18.0. The molecule has 0 amide bonds. The fourth-order valence-electron chi connectivity index (χ4n) is 3.19. The molecule has 4 rings (SSSR count). The first-order valence-electron chi connectivity index (χ1n) is 9.14. The van der Waals surface area contributed by atoms with Crippen molar-refractivity contribution < 1.29 is 4.43 Å². The van der Waals surface area contributed by atoms with E-state index in [1.165, 1.54) is 5.69 Å². The van der Waals surface area contributed by atoms with E-state index in [0.29, 0.717) is 6.10 Å². The quantitative estimate of drug-likeness (QED) is 0.515. The SMILES string of the molecule is CC(C)(C)[Si](C)(C)OC1CN(c2ccn3c(c2)nc2cc(Br)ccc23)C1. The molecule has 1 fully saturated rings. The van der Waals surface area contributed by atoms with Gasteiger partial charge in [0.15, 0.2) is 8.32 Å². The molecule has 2 aromatic heterocycles. The van der Waals surface area contributed by atoms with E-state index in [1.54, 1.807) is 0 Å². The molecule has 0 bridgehead atoms. The average Bonchev–Trinajstić information content (AvgIpc) is 2.85. The van der Waals surface area contributed by atoms with Crippen molar-refractivity contribution >= 4 is 46.6 Å². The topological polar surface area (TPSA) is 29.8 Å². The second kappa shape index (κ2) is 6.07. The molecule has 6 heteroatoms. The molecule has 0 N–H and O–H groups in total. The number of benzene rings is 1. The van der Waals surface area contributed by atoms with Crippen molar-refractivity contribution in [3.05, 3.63) is 41.0 Å². The molecule has 3 aromatic rings. The molecule has 3 heterocycles. The Kier molecular flexibility index (Phi) is 4.21. The van der Waals surface area contributed by atoms with Gasteiger partial charge in [0.1, 0.15) is 5.65 Å². The molecular weight excluding hydrogens is 406 g/mol. The fourth-order valence-corrected chi connectivity index (χ4v) is 4.88. The number of pyridine rings is 1. The molecular formula is C20H26BrN3OSi. The van der Waals surface area contributed by atoms with Crippen LogP contribution in [-0.4, -0.2) is 36.9 Å². The van der Waals surface area contributed by atoms with Crippen molar-refractivity contribution in [2.45, 2.75) is 45.0 Å². The third kappa shape index (κ3) is 3.08. The minimum absolute atomic E-state index is 0.260. The molecule has 0 radical (unpaired) electrons. The van der Waals surface area contributed by atoms with Crippen molar-refractivity contribution in [3.63, 3.8) is 0 Å². The molecule has 1 aliphatic heterocycles. The number of aromatic nitrogens is 2. The van der Waals surface area contributed by atoms with Gasteiger partial charge in [-0.15, -0.1) is 0 Å². The number of anilines is 1. The van der Waals surface area contributed by atoms with Crippen LogP contribution >= 0.6 is 15.9 Å². The summed E-state index contributed by atoms with van der Waals surface area (Å²) in [6, 6.07) is 10.6. The number of hydrogen-bond donors (Lipinski definition) is 0. The highest BCUT2D eigenvalue weighted by Crippen LogP contribution is 2.38. The third-order valence-corrected chi connectivity index (χ3v) is 10.9. The molecule has 0 saturated carbocycles. The van der Waals surface area contributed by atoms with Gasteiger partial charge in [0.2, 0.25) is 0 Å². The lowest BCUT2D eigenvalue weighted by Crippen LogP contribution is -2.57. The van der Waals surface area contributed by atoms with Crippen LogP contribution in [0, 0.1) is 0 Å². The van der Waals surface area contributed by atoms with Gasteiger partial charge in [-0.1, -0.05) is 36.7 Å². The van der Waals surface area contributed by atoms with E-state index >= 15 is 0 Å². The van der Waals surface area contributed by atoms with Crippen LogP contribution in [-0.2, 0) is 4.43 Å². The van der Waals surface area contributed by atoms with Crippen molar-refractivity contribution in [3.8, 4) is 0 Å². The van der Waals surface area contributed by atoms with Crippen LogP contribution in [0.5, 0.6) is 0 Å². The average molecular weight is 432 g/mol. The second-order valence-electron chi connectivity index (χ2n) is 8.76. The van der Waals surface area contributed by atoms with Crippen LogP contribution in [0.25, 0.3) is 16.7 Å². The monoisotopic (exact) mass is 431 g/mol. The van der Waals surface area contributed by atoms with Crippen molar-refractivity contribution in [2.75, 3.05) is 18.0 Å². The van der Waals surface area contributed by atoms with E-state index in [0.717, 1.165) is 34.2 Å². The number of nitrogens with zero attached hydrogens (tertiary/aromatic N) is 3. The van der Waals surface area contributed by atoms with E-state index in [1.807, 2.05) is 0 Å². The van der Waals surface area contributed by atoms with Gasteiger partial charge in [-0.3, -0.25) is 4.40 Å². The largest absolute Gasteiger partial charge is 0.410 e. The van der Waals surface area contributed by atoms with Gasteiger partial charge in [-0.05, 0) is 42.4 Å². The predicted molar refractivity (Wildman–Crippen MR) is 115 cm³/mol. The summed E-state index contributed by atoms with van der Waals surface area (Å²) in [6.45, 7) is 13.5. The Hall–Kier alpha value is -1.37. The summed E-state index contributed by atoms with van der Waals surface area (Å²) in [6.07, 6.45) is 2.47. The summed E-state index contributed by atoms with van der Waals surface area (Å²) in [5, 5.41) is 0.260. The molecule has 1 saturated heterocycles. The van der Waals surface area contributed by atoms with Crippen LogP contribution in [0.2, 0.25) is 18.1 Å². The Morgan fingerprint density at radius 3 is 2.58 bits per heavy atom. The number of hydrogen-bond acceptors (Lipinski definition) is 3. The fraction of sp³-hybridized carbons (Fsp3) is 0.450. The zero-order chi connectivity index (χ0) is 18.7. The van der Waals surface area contributed by atoms with Gasteiger partial charge in [0.05, 0.1) is 17.1 Å². The van der Waals surface area contributed by atoms with Crippen LogP contribution in [0.4, 0.5) is 5.69 Å². The van der Waals surface area contributed by atoms with E-state index in [4.69, 9.17) is 9.41 Å². The maximum Gasteiger partial charge on any atom is 0.192 e. The first-order valence-corrected chi connectivity index (χ1v) is 12.8. The second-order valence-corrected chi connectivity index (χ2v) is 14.4. The van der Waals surface area contributed by atoms with Crippen LogP contribution < -0.4 is 4.90 Å². The molecule has 0 aliphatic carbocycles. The smallest absolute Gasteiger partial charge is 0.192 e. The molecule has 0 atom stereocenters. The zero-order valence-electron chi connectivity index (χ0n) is 16.1. The predicted octanol–water partition coefficient (Wildman–Crippen LogP) is 5.46. The minimum Gasteiger partial charge on any atom is -0.410 e. The lowest BCUT2D eigenvalue weighted by Gasteiger charge is -2.47. The maximum atomic E-state index is 6.51. The van der Waals surface area contributed by atoms with Gasteiger partial charge in [-0.25, -0.2) is 4.98 Å². The zero-order valence-corrected chi connectivity index (χ0v) is 18.7. The Labute approximate surface area is 164 Å². The molecule has 26 heavy (non-hydrogen) atoms. The molecule has 138 valence electrons. The number of halogens is 1. The van der Waals surface area contributed by atoms with Gasteiger partial charge < -0.3 is 9.33 Å². The third-order valence-electron chi connectivity index (χ3n) is 5.83. The summed E-state index contributed by atoms with van der Waals surface area (Å²) < 4.78 is 9.71. The highest BCUT2D eigenvalue weighted by atomic mass is 79.9. The lowest BCUT2D eigenvalue weighted by atomic mass is 10.1. The molecule has 1 aromatic carbocycles. The summed E-state index contributed by atoms with van der Waals surface area (Å²) in [5.41, 5.74) is 4.36. The Morgan fingerprint density at radius 2 is 1.88 bits per heavy atom. The Morgan fingerprint density at radius 1 is 1.15 bits per heavy atom. The van der Waals surface area contributed by atoms with Crippen LogP contribution in [0.1, 0.15) is 20.8 Å². The number of rotatable bonds is 3. The Bertz CT molecular complexity index is 970. The van der Waals surface area contributed by atoms with Gasteiger partial charge in [0, 0.05) is 35.5 Å². The van der Waals surface area contributed by atoms with Gasteiger partial charge >= 0.3 is 0 Å². The summed E-state index contributed by atoms with van der Waals surface area (Å²) in [4.78, 5) is 7.15. The van der Waals surface area contributed by atoms with E-state index < -0.39 is 8.32 Å². The first-order chi connectivity index (χ1) is 12.1. The summed E-state index contributed by atoms with van der Waals surface area (Å²) in [5.74, 6) is 0. The minimum atomic E-state index is -1.69. The lowest BCUT2D eigenvalue weighted by molar-refractivity contribution is 0.149. The van der Waals surface area contributed by atoms with E-state index in [9.17, 15) is 0 Å². The standard InChI is InChI=1S/C20H26BrN3OSi/c1-20(2,3)26(4,5)25-16-12-23(13-16)15-8-9-24-18-7-6-14(21)10-17(18)22-19(24)11-15/h6-11,16H,12-13H2,1-5H3. The molecule has 0 spiro atoms. The highest BCUT2D eigenvalue weighted by molar-refractivity contribution is 9.10. The number of imidazole rings is 1. The van der Waals surface area contributed by atoms with Crippen molar-refractivity contribution in [1.82, 2.24) is 9.38 Å². The normalized spacial score (nSPS) is 16.5. The Balaban J connectivity index is 1.51. The van der Waals surface area contributed by atoms with E-state index in [2.05, 4.69) is 95.6 Å². The van der Waals surface area contributed by atoms with E-state index in [-0.39, 0.29) is 5.04 Å². The van der Waals surface area contributed by atoms with Crippen LogP contribution in [0.15, 0.2) is 41.0 Å². The molecule has 0 unspecified atom stereocenters. The highest BCUT2D eigenvalue weighted by Gasteiger charge is 2.42. The molecule has 4 nitrogen and oxygen atoms in total. The van der Waals surface area contributed by atoms with Gasteiger partial charge in [0.25, 0.3) is 0 Å². The summed E-state index contributed by atoms with van der Waals surface area (Å²) >= 11 is 3.52. The maximum absolute atomic E-state index is 6.51. The van der Waals surface area contributed by atoms with Crippen LogP contribution in [0.3, 0.4) is 0 Å². The molecule has 1 aliphatic rings. The van der Waals surface area contributed by atoms with Gasteiger partial charge in [-0.2, -0.15) is 0 Å².